The van der Waals surface area contributed by atoms with Crippen LogP contribution in [0.2, 0.25) is 0 Å². The maximum Gasteiger partial charge on any atom is 0.137 e. The first-order chi connectivity index (χ1) is 6.74. The highest BCUT2D eigenvalue weighted by Crippen LogP contribution is 2.34. The average molecular weight is 199 g/mol. The summed E-state index contributed by atoms with van der Waals surface area (Å²) in [6.45, 7) is -0.122. The van der Waals surface area contributed by atoms with Crippen LogP contribution >= 0.6 is 0 Å². The van der Waals surface area contributed by atoms with E-state index in [0.29, 0.717) is 6.42 Å². The van der Waals surface area contributed by atoms with Gasteiger partial charge in [0.1, 0.15) is 18.8 Å². The van der Waals surface area contributed by atoms with Crippen LogP contribution in [0.3, 0.4) is 0 Å². The standard InChI is InChI=1S/C8H13N3O3/c12-2-5-1-6(8(14)7(5)13)11-4-9-3-10-11/h3-8,12-14H,1-2H2/t5-,6-,7-,8+/m1/s1. The normalized spacial score (nSPS) is 37.6. The molecule has 0 radical (unpaired) electrons. The molecular weight excluding hydrogens is 186 g/mol. The first-order valence-electron chi connectivity index (χ1n) is 4.55. The van der Waals surface area contributed by atoms with Crippen LogP contribution in [0.15, 0.2) is 12.7 Å². The number of rotatable bonds is 2. The Balaban J connectivity index is 2.16. The van der Waals surface area contributed by atoms with E-state index in [-0.39, 0.29) is 18.6 Å². The number of aromatic nitrogens is 3. The zero-order valence-electron chi connectivity index (χ0n) is 7.56. The Kier molecular flexibility index (Phi) is 2.49. The minimum absolute atomic E-state index is 0.122. The van der Waals surface area contributed by atoms with Gasteiger partial charge in [0.2, 0.25) is 0 Å². The molecule has 78 valence electrons. The first kappa shape index (κ1) is 9.57. The average Bonchev–Trinajstić information content (AvgIpc) is 2.78. The Hall–Kier alpha value is -0.980. The third-order valence-corrected chi connectivity index (χ3v) is 2.78. The predicted octanol–water partition coefficient (Wildman–Crippen LogP) is -1.45. The molecule has 1 aliphatic rings. The molecule has 0 unspecified atom stereocenters. The first-order valence-corrected chi connectivity index (χ1v) is 4.55. The van der Waals surface area contributed by atoms with Crippen molar-refractivity contribution >= 4 is 0 Å². The van der Waals surface area contributed by atoms with Crippen molar-refractivity contribution < 1.29 is 15.3 Å². The zero-order valence-corrected chi connectivity index (χ0v) is 7.56. The third kappa shape index (κ3) is 1.41. The molecule has 0 aliphatic heterocycles. The van der Waals surface area contributed by atoms with Gasteiger partial charge >= 0.3 is 0 Å². The molecule has 0 amide bonds. The second kappa shape index (κ2) is 3.64. The van der Waals surface area contributed by atoms with Crippen LogP contribution in [-0.2, 0) is 0 Å². The fourth-order valence-electron chi connectivity index (χ4n) is 1.93. The molecule has 6 heteroatoms. The third-order valence-electron chi connectivity index (χ3n) is 2.78. The Labute approximate surface area is 80.8 Å². The van der Waals surface area contributed by atoms with E-state index in [2.05, 4.69) is 10.1 Å². The molecule has 6 nitrogen and oxygen atoms in total. The van der Waals surface area contributed by atoms with Crippen molar-refractivity contribution in [3.8, 4) is 0 Å². The van der Waals surface area contributed by atoms with Gasteiger partial charge in [-0.1, -0.05) is 0 Å². The van der Waals surface area contributed by atoms with Crippen molar-refractivity contribution in [3.05, 3.63) is 12.7 Å². The lowest BCUT2D eigenvalue weighted by Crippen LogP contribution is -2.30. The van der Waals surface area contributed by atoms with Gasteiger partial charge in [0.25, 0.3) is 0 Å². The fraction of sp³-hybridized carbons (Fsp3) is 0.750. The van der Waals surface area contributed by atoms with Gasteiger partial charge in [0.15, 0.2) is 0 Å². The van der Waals surface area contributed by atoms with E-state index in [1.54, 1.807) is 0 Å². The number of hydrogen-bond donors (Lipinski definition) is 3. The molecule has 0 spiro atoms. The summed E-state index contributed by atoms with van der Waals surface area (Å²) in [4.78, 5) is 3.77. The van der Waals surface area contributed by atoms with E-state index < -0.39 is 12.2 Å². The van der Waals surface area contributed by atoms with E-state index in [0.717, 1.165) is 0 Å². The maximum atomic E-state index is 9.68. The van der Waals surface area contributed by atoms with E-state index >= 15 is 0 Å². The highest BCUT2D eigenvalue weighted by Gasteiger charge is 2.42. The Morgan fingerprint density at radius 1 is 1.36 bits per heavy atom. The Morgan fingerprint density at radius 2 is 2.14 bits per heavy atom. The summed E-state index contributed by atoms with van der Waals surface area (Å²) in [7, 11) is 0. The summed E-state index contributed by atoms with van der Waals surface area (Å²) in [6.07, 6.45) is 1.64. The van der Waals surface area contributed by atoms with E-state index in [9.17, 15) is 10.2 Å². The zero-order chi connectivity index (χ0) is 10.1. The second-order valence-corrected chi connectivity index (χ2v) is 3.60. The molecule has 14 heavy (non-hydrogen) atoms. The number of aliphatic hydroxyl groups excluding tert-OH is 3. The van der Waals surface area contributed by atoms with Crippen molar-refractivity contribution in [2.24, 2.45) is 5.92 Å². The smallest absolute Gasteiger partial charge is 0.137 e. The molecule has 3 N–H and O–H groups in total. The minimum atomic E-state index is -0.881. The van der Waals surface area contributed by atoms with Crippen molar-refractivity contribution in [1.82, 2.24) is 14.8 Å². The van der Waals surface area contributed by atoms with Crippen molar-refractivity contribution in [3.63, 3.8) is 0 Å². The molecule has 2 rings (SSSR count). The molecule has 1 aromatic rings. The van der Waals surface area contributed by atoms with Crippen LogP contribution in [0.25, 0.3) is 0 Å². The topological polar surface area (TPSA) is 91.4 Å². The lowest BCUT2D eigenvalue weighted by molar-refractivity contribution is -0.00539. The number of hydrogen-bond acceptors (Lipinski definition) is 5. The van der Waals surface area contributed by atoms with Crippen LogP contribution in [0.1, 0.15) is 12.5 Å². The highest BCUT2D eigenvalue weighted by atomic mass is 16.3. The quantitative estimate of drug-likeness (QED) is 0.542. The summed E-state index contributed by atoms with van der Waals surface area (Å²) in [5.74, 6) is -0.279. The Bertz CT molecular complexity index is 290. The summed E-state index contributed by atoms with van der Waals surface area (Å²) in [6, 6.07) is -0.287. The van der Waals surface area contributed by atoms with Crippen LogP contribution in [0.5, 0.6) is 0 Å². The molecule has 1 aliphatic carbocycles. The molecule has 0 aromatic carbocycles. The van der Waals surface area contributed by atoms with Crippen LogP contribution < -0.4 is 0 Å². The lowest BCUT2D eigenvalue weighted by Gasteiger charge is -2.16. The van der Waals surface area contributed by atoms with Gasteiger partial charge in [-0.2, -0.15) is 5.10 Å². The highest BCUT2D eigenvalue weighted by molar-refractivity contribution is 4.93. The predicted molar refractivity (Wildman–Crippen MR) is 46.3 cm³/mol. The lowest BCUT2D eigenvalue weighted by atomic mass is 10.1. The van der Waals surface area contributed by atoms with Crippen LogP contribution in [-0.4, -0.2) is 48.9 Å². The van der Waals surface area contributed by atoms with Gasteiger partial charge in [0.05, 0.1) is 12.1 Å². The molecule has 4 atom stereocenters. The fourth-order valence-corrected chi connectivity index (χ4v) is 1.93. The molecule has 1 saturated carbocycles. The molecule has 1 heterocycles. The summed E-state index contributed by atoms with van der Waals surface area (Å²) < 4.78 is 1.52. The van der Waals surface area contributed by atoms with E-state index in [1.165, 1.54) is 17.3 Å². The molecule has 1 fully saturated rings. The molecule has 1 aromatic heterocycles. The van der Waals surface area contributed by atoms with Gasteiger partial charge in [-0.25, -0.2) is 9.67 Å². The SMILES string of the molecule is OC[C@H]1C[C@@H](n2cncn2)[C@H](O)[C@@H]1O. The van der Waals surface area contributed by atoms with Gasteiger partial charge in [-0.3, -0.25) is 0 Å². The van der Waals surface area contributed by atoms with Gasteiger partial charge < -0.3 is 15.3 Å². The van der Waals surface area contributed by atoms with Crippen molar-refractivity contribution in [1.29, 1.82) is 0 Å². The Morgan fingerprint density at radius 3 is 2.64 bits per heavy atom. The number of nitrogens with zero attached hydrogens (tertiary/aromatic N) is 3. The van der Waals surface area contributed by atoms with Crippen LogP contribution in [0, 0.1) is 5.92 Å². The molecule has 0 bridgehead atoms. The monoisotopic (exact) mass is 199 g/mol. The minimum Gasteiger partial charge on any atom is -0.396 e. The summed E-state index contributed by atoms with van der Waals surface area (Å²) in [5.41, 5.74) is 0. The maximum absolute atomic E-state index is 9.68. The molecule has 0 saturated heterocycles. The molecular formula is C8H13N3O3. The van der Waals surface area contributed by atoms with Gasteiger partial charge in [0, 0.05) is 12.5 Å². The van der Waals surface area contributed by atoms with Crippen molar-refractivity contribution in [2.45, 2.75) is 24.7 Å². The van der Waals surface area contributed by atoms with E-state index in [4.69, 9.17) is 5.11 Å². The second-order valence-electron chi connectivity index (χ2n) is 3.60. The van der Waals surface area contributed by atoms with Crippen LogP contribution in [0.4, 0.5) is 0 Å². The van der Waals surface area contributed by atoms with Crippen molar-refractivity contribution in [2.75, 3.05) is 6.61 Å². The summed E-state index contributed by atoms with van der Waals surface area (Å²) in [5, 5.41) is 32.1. The number of aliphatic hydroxyl groups is 3. The van der Waals surface area contributed by atoms with E-state index in [1.807, 2.05) is 0 Å². The summed E-state index contributed by atoms with van der Waals surface area (Å²) >= 11 is 0. The largest absolute Gasteiger partial charge is 0.396 e. The van der Waals surface area contributed by atoms with Gasteiger partial charge in [-0.05, 0) is 6.42 Å². The van der Waals surface area contributed by atoms with Gasteiger partial charge in [-0.15, -0.1) is 0 Å².